The van der Waals surface area contributed by atoms with Gasteiger partial charge in [-0.2, -0.15) is 0 Å². The number of hydrogen-bond acceptors (Lipinski definition) is 4. The summed E-state index contributed by atoms with van der Waals surface area (Å²) >= 11 is 0. The first kappa shape index (κ1) is 17.2. The molecule has 4 nitrogen and oxygen atoms in total. The number of esters is 1. The van der Waals surface area contributed by atoms with Crippen LogP contribution in [0, 0.1) is 5.92 Å². The van der Waals surface area contributed by atoms with E-state index < -0.39 is 5.60 Å². The summed E-state index contributed by atoms with van der Waals surface area (Å²) in [5.41, 5.74) is 1.52. The van der Waals surface area contributed by atoms with E-state index in [2.05, 4.69) is 5.16 Å². The van der Waals surface area contributed by atoms with E-state index in [1.54, 1.807) is 0 Å². The van der Waals surface area contributed by atoms with Crippen LogP contribution in [-0.2, 0) is 20.0 Å². The second-order valence-corrected chi connectivity index (χ2v) is 6.13. The van der Waals surface area contributed by atoms with Crippen LogP contribution in [0.2, 0.25) is 0 Å². The van der Waals surface area contributed by atoms with Gasteiger partial charge in [0, 0.05) is 11.1 Å². The summed E-state index contributed by atoms with van der Waals surface area (Å²) in [5.74, 6) is -0.593. The highest BCUT2D eigenvalue weighted by molar-refractivity contribution is 6.37. The lowest BCUT2D eigenvalue weighted by atomic mass is 9.73. The van der Waals surface area contributed by atoms with Gasteiger partial charge in [0.25, 0.3) is 0 Å². The normalized spacial score (nSPS) is 18.3. The standard InChI is InChI=1S/C21H23NO3/c1-3-15-24-20(23)19-18(4-2)21(25-22-19,16-11-7-5-8-12-16)17-13-9-6-10-14-17/h5-14,18H,3-4,15H2,1-2H3. The topological polar surface area (TPSA) is 47.9 Å². The zero-order chi connectivity index (χ0) is 17.7. The van der Waals surface area contributed by atoms with Crippen LogP contribution in [0.25, 0.3) is 0 Å². The first-order chi connectivity index (χ1) is 12.2. The van der Waals surface area contributed by atoms with Crippen LogP contribution >= 0.6 is 0 Å². The minimum atomic E-state index is -0.808. The molecular formula is C21H23NO3. The van der Waals surface area contributed by atoms with Gasteiger partial charge in [-0.15, -0.1) is 0 Å². The van der Waals surface area contributed by atoms with E-state index in [1.807, 2.05) is 74.5 Å². The first-order valence-corrected chi connectivity index (χ1v) is 8.78. The zero-order valence-corrected chi connectivity index (χ0v) is 14.6. The second-order valence-electron chi connectivity index (χ2n) is 6.13. The van der Waals surface area contributed by atoms with Crippen molar-refractivity contribution in [3.8, 4) is 0 Å². The Hall–Kier alpha value is -2.62. The highest BCUT2D eigenvalue weighted by Crippen LogP contribution is 2.46. The van der Waals surface area contributed by atoms with Crippen molar-refractivity contribution in [1.82, 2.24) is 0 Å². The molecule has 1 aliphatic heterocycles. The largest absolute Gasteiger partial charge is 0.461 e. The van der Waals surface area contributed by atoms with Gasteiger partial charge in [0.15, 0.2) is 11.3 Å². The van der Waals surface area contributed by atoms with Gasteiger partial charge < -0.3 is 9.57 Å². The van der Waals surface area contributed by atoms with Crippen molar-refractivity contribution in [2.24, 2.45) is 11.1 Å². The molecule has 0 spiro atoms. The molecule has 1 unspecified atom stereocenters. The number of oxime groups is 1. The number of rotatable bonds is 6. The lowest BCUT2D eigenvalue weighted by Crippen LogP contribution is -2.39. The third-order valence-electron chi connectivity index (χ3n) is 4.57. The molecule has 25 heavy (non-hydrogen) atoms. The smallest absolute Gasteiger partial charge is 0.356 e. The Morgan fingerprint density at radius 1 is 1.04 bits per heavy atom. The molecule has 0 bridgehead atoms. The van der Waals surface area contributed by atoms with Crippen molar-refractivity contribution in [2.45, 2.75) is 32.3 Å². The molecule has 0 saturated carbocycles. The highest BCUT2D eigenvalue weighted by Gasteiger charge is 2.53. The van der Waals surface area contributed by atoms with Gasteiger partial charge in [-0.1, -0.05) is 79.7 Å². The van der Waals surface area contributed by atoms with Gasteiger partial charge in [0.1, 0.15) is 0 Å². The molecule has 0 amide bonds. The molecule has 0 aliphatic carbocycles. The van der Waals surface area contributed by atoms with Crippen LogP contribution in [-0.4, -0.2) is 18.3 Å². The Labute approximate surface area is 148 Å². The SMILES string of the molecule is CCCOC(=O)C1=NOC(c2ccccc2)(c2ccccc2)C1CC. The Morgan fingerprint density at radius 3 is 2.08 bits per heavy atom. The van der Waals surface area contributed by atoms with E-state index in [-0.39, 0.29) is 11.9 Å². The fourth-order valence-corrected chi connectivity index (χ4v) is 3.42. The Morgan fingerprint density at radius 2 is 1.60 bits per heavy atom. The van der Waals surface area contributed by atoms with E-state index in [0.717, 1.165) is 17.5 Å². The number of carbonyl (C=O) groups is 1. The van der Waals surface area contributed by atoms with E-state index in [4.69, 9.17) is 9.57 Å². The Balaban J connectivity index is 2.06. The molecular weight excluding hydrogens is 314 g/mol. The molecule has 0 aromatic heterocycles. The monoisotopic (exact) mass is 337 g/mol. The molecule has 130 valence electrons. The van der Waals surface area contributed by atoms with Crippen LogP contribution in [0.4, 0.5) is 0 Å². The molecule has 1 atom stereocenters. The fraction of sp³-hybridized carbons (Fsp3) is 0.333. The lowest BCUT2D eigenvalue weighted by Gasteiger charge is -2.33. The highest BCUT2D eigenvalue weighted by atomic mass is 16.7. The summed E-state index contributed by atoms with van der Waals surface area (Å²) in [6.45, 7) is 4.40. The van der Waals surface area contributed by atoms with Crippen molar-refractivity contribution in [3.05, 3.63) is 71.8 Å². The average molecular weight is 337 g/mol. The average Bonchev–Trinajstić information content (AvgIpc) is 3.08. The first-order valence-electron chi connectivity index (χ1n) is 8.78. The van der Waals surface area contributed by atoms with E-state index >= 15 is 0 Å². The Kier molecular flexibility index (Phi) is 5.17. The van der Waals surface area contributed by atoms with Gasteiger partial charge in [-0.25, -0.2) is 4.79 Å². The molecule has 2 aromatic carbocycles. The van der Waals surface area contributed by atoms with Crippen molar-refractivity contribution in [2.75, 3.05) is 6.61 Å². The van der Waals surface area contributed by atoms with Crippen LogP contribution in [0.3, 0.4) is 0 Å². The number of ether oxygens (including phenoxy) is 1. The summed E-state index contributed by atoms with van der Waals surface area (Å²) in [6, 6.07) is 19.9. The van der Waals surface area contributed by atoms with Crippen LogP contribution in [0.5, 0.6) is 0 Å². The molecule has 0 radical (unpaired) electrons. The summed E-state index contributed by atoms with van der Waals surface area (Å²) in [6.07, 6.45) is 1.49. The zero-order valence-electron chi connectivity index (χ0n) is 14.6. The minimum absolute atomic E-state index is 0.207. The molecule has 1 aliphatic rings. The summed E-state index contributed by atoms with van der Waals surface area (Å²) < 4.78 is 5.32. The predicted octanol–water partition coefficient (Wildman–Crippen LogP) is 4.30. The Bertz CT molecular complexity index is 701. The van der Waals surface area contributed by atoms with Gasteiger partial charge >= 0.3 is 5.97 Å². The van der Waals surface area contributed by atoms with Gasteiger partial charge in [-0.3, -0.25) is 0 Å². The molecule has 3 rings (SSSR count). The van der Waals surface area contributed by atoms with Crippen molar-refractivity contribution < 1.29 is 14.4 Å². The maximum atomic E-state index is 12.5. The quantitative estimate of drug-likeness (QED) is 0.739. The predicted molar refractivity (Wildman–Crippen MR) is 97.2 cm³/mol. The summed E-state index contributed by atoms with van der Waals surface area (Å²) in [5, 5.41) is 4.19. The van der Waals surface area contributed by atoms with Crippen molar-refractivity contribution in [1.29, 1.82) is 0 Å². The molecule has 2 aromatic rings. The molecule has 0 fully saturated rings. The second kappa shape index (κ2) is 7.51. The van der Waals surface area contributed by atoms with E-state index in [9.17, 15) is 4.79 Å². The van der Waals surface area contributed by atoms with Gasteiger partial charge in [-0.05, 0) is 12.8 Å². The van der Waals surface area contributed by atoms with Crippen LogP contribution in [0.1, 0.15) is 37.8 Å². The van der Waals surface area contributed by atoms with Gasteiger partial charge in [0.05, 0.1) is 12.5 Å². The molecule has 1 heterocycles. The fourth-order valence-electron chi connectivity index (χ4n) is 3.42. The lowest BCUT2D eigenvalue weighted by molar-refractivity contribution is -0.135. The number of benzene rings is 2. The maximum absolute atomic E-state index is 12.5. The third kappa shape index (κ3) is 3.04. The van der Waals surface area contributed by atoms with E-state index in [1.165, 1.54) is 0 Å². The van der Waals surface area contributed by atoms with Crippen molar-refractivity contribution in [3.63, 3.8) is 0 Å². The minimum Gasteiger partial charge on any atom is -0.461 e. The van der Waals surface area contributed by atoms with Gasteiger partial charge in [0.2, 0.25) is 0 Å². The number of nitrogens with zero attached hydrogens (tertiary/aromatic N) is 1. The van der Waals surface area contributed by atoms with E-state index in [0.29, 0.717) is 18.7 Å². The number of carbonyl (C=O) groups excluding carboxylic acids is 1. The summed E-state index contributed by atoms with van der Waals surface area (Å²) in [4.78, 5) is 18.5. The van der Waals surface area contributed by atoms with Crippen molar-refractivity contribution >= 4 is 11.7 Å². The molecule has 0 saturated heterocycles. The summed E-state index contributed by atoms with van der Waals surface area (Å²) in [7, 11) is 0. The molecule has 0 N–H and O–H groups in total. The maximum Gasteiger partial charge on any atom is 0.356 e. The number of hydrogen-bond donors (Lipinski definition) is 0. The third-order valence-corrected chi connectivity index (χ3v) is 4.57. The van der Waals surface area contributed by atoms with Crippen LogP contribution in [0.15, 0.2) is 65.8 Å². The molecule has 4 heteroatoms. The van der Waals surface area contributed by atoms with Crippen LogP contribution < -0.4 is 0 Å².